The number of rotatable bonds is 8. The Morgan fingerprint density at radius 2 is 1.73 bits per heavy atom. The van der Waals surface area contributed by atoms with Gasteiger partial charge in [0, 0.05) is 20.0 Å². The Bertz CT molecular complexity index is 376. The summed E-state index contributed by atoms with van der Waals surface area (Å²) in [5, 5.41) is 0.230. The fourth-order valence-electron chi connectivity index (χ4n) is 1.86. The molecule has 22 heavy (non-hydrogen) atoms. The predicted molar refractivity (Wildman–Crippen MR) is 96.5 cm³/mol. The summed E-state index contributed by atoms with van der Waals surface area (Å²) in [4.78, 5) is 11.3. The van der Waals surface area contributed by atoms with Crippen molar-refractivity contribution in [2.75, 3.05) is 6.61 Å². The van der Waals surface area contributed by atoms with Gasteiger partial charge in [-0.25, -0.2) is 0 Å². The molecule has 0 rings (SSSR count). The molecule has 0 saturated carbocycles. The molecule has 3 nitrogen and oxygen atoms in total. The molecule has 0 amide bonds. The average Bonchev–Trinajstić information content (AvgIpc) is 2.31. The maximum Gasteiger partial charge on any atom is 0.302 e. The second-order valence-corrected chi connectivity index (χ2v) is 12.8. The first-order valence-corrected chi connectivity index (χ1v) is 11.2. The van der Waals surface area contributed by atoms with Crippen LogP contribution in [0.5, 0.6) is 0 Å². The van der Waals surface area contributed by atoms with Crippen LogP contribution in [-0.2, 0) is 14.0 Å². The highest BCUT2D eigenvalue weighted by Gasteiger charge is 2.37. The van der Waals surface area contributed by atoms with Gasteiger partial charge < -0.3 is 9.16 Å². The summed E-state index contributed by atoms with van der Waals surface area (Å²) >= 11 is 0. The average molecular weight is 329 g/mol. The molecule has 4 heteroatoms. The minimum atomic E-state index is -1.69. The van der Waals surface area contributed by atoms with Crippen molar-refractivity contribution in [3.05, 3.63) is 11.6 Å². The lowest BCUT2D eigenvalue weighted by Crippen LogP contribution is -2.41. The fraction of sp³-hybridized carbons (Fsp3) is 0.833. The predicted octanol–water partition coefficient (Wildman–Crippen LogP) is 5.32. The van der Waals surface area contributed by atoms with E-state index in [4.69, 9.17) is 9.16 Å². The number of carbonyl (C=O) groups excluding carboxylic acids is 1. The van der Waals surface area contributed by atoms with Crippen molar-refractivity contribution in [3.63, 3.8) is 0 Å². The summed E-state index contributed by atoms with van der Waals surface area (Å²) in [6, 6.07) is 0. The normalized spacial score (nSPS) is 15.1. The molecular weight excluding hydrogens is 292 g/mol. The lowest BCUT2D eigenvalue weighted by atomic mass is 9.97. The summed E-state index contributed by atoms with van der Waals surface area (Å²) in [6.07, 6.45) is 3.78. The Balaban J connectivity index is 4.54. The van der Waals surface area contributed by atoms with Gasteiger partial charge in [0.25, 0.3) is 0 Å². The van der Waals surface area contributed by atoms with Gasteiger partial charge >= 0.3 is 5.97 Å². The molecule has 0 aliphatic carbocycles. The van der Waals surface area contributed by atoms with Gasteiger partial charge in [-0.05, 0) is 44.3 Å². The first kappa shape index (κ1) is 21.4. The molecule has 130 valence electrons. The molecule has 0 spiro atoms. The van der Waals surface area contributed by atoms with Crippen molar-refractivity contribution >= 4 is 14.3 Å². The molecule has 0 radical (unpaired) electrons. The van der Waals surface area contributed by atoms with Gasteiger partial charge in [0.05, 0.1) is 0 Å². The number of esters is 1. The van der Waals surface area contributed by atoms with Crippen LogP contribution >= 0.6 is 0 Å². The number of ether oxygens (including phenoxy) is 1. The molecule has 0 aromatic carbocycles. The highest BCUT2D eigenvalue weighted by atomic mass is 28.4. The van der Waals surface area contributed by atoms with Gasteiger partial charge in [0.1, 0.15) is 6.10 Å². The third-order valence-corrected chi connectivity index (χ3v) is 9.09. The number of hydrogen-bond donors (Lipinski definition) is 0. The minimum Gasteiger partial charge on any atom is -0.462 e. The fourth-order valence-corrected chi connectivity index (χ4v) is 2.93. The number of carbonyl (C=O) groups is 1. The molecule has 1 unspecified atom stereocenters. The summed E-state index contributed by atoms with van der Waals surface area (Å²) in [7, 11) is -1.69. The van der Waals surface area contributed by atoms with Crippen LogP contribution in [0.25, 0.3) is 0 Å². The van der Waals surface area contributed by atoms with E-state index in [1.54, 1.807) is 0 Å². The Morgan fingerprint density at radius 1 is 1.18 bits per heavy atom. The monoisotopic (exact) mass is 328 g/mol. The van der Waals surface area contributed by atoms with Gasteiger partial charge in [-0.2, -0.15) is 0 Å². The molecule has 0 bridgehead atoms. The van der Waals surface area contributed by atoms with Gasteiger partial charge in [-0.3, -0.25) is 4.79 Å². The number of allylic oxidation sites excluding steroid dienone is 1. The standard InChI is InChI=1S/C18H36O3Si/c1-14(2)10-11-17(21-16(4)19)15(3)12-13-20-22(8,9)18(5,6)7/h10,15,17H,11-13H2,1-9H3/t15-,17?/m1/s1. The minimum absolute atomic E-state index is 0.0598. The van der Waals surface area contributed by atoms with Crippen LogP contribution in [0.15, 0.2) is 11.6 Å². The molecule has 2 atom stereocenters. The first-order chi connectivity index (χ1) is 9.86. The van der Waals surface area contributed by atoms with Crippen LogP contribution in [0.4, 0.5) is 0 Å². The van der Waals surface area contributed by atoms with Crippen molar-refractivity contribution in [3.8, 4) is 0 Å². The third-order valence-electron chi connectivity index (χ3n) is 4.55. The van der Waals surface area contributed by atoms with Gasteiger partial charge in [0.15, 0.2) is 8.32 Å². The van der Waals surface area contributed by atoms with E-state index in [1.165, 1.54) is 12.5 Å². The zero-order valence-electron chi connectivity index (χ0n) is 16.1. The highest BCUT2D eigenvalue weighted by molar-refractivity contribution is 6.74. The number of hydrogen-bond acceptors (Lipinski definition) is 3. The largest absolute Gasteiger partial charge is 0.462 e. The summed E-state index contributed by atoms with van der Waals surface area (Å²) in [5.41, 5.74) is 1.25. The first-order valence-electron chi connectivity index (χ1n) is 8.31. The maximum absolute atomic E-state index is 11.3. The molecule has 0 N–H and O–H groups in total. The summed E-state index contributed by atoms with van der Waals surface area (Å²) < 4.78 is 11.7. The molecular formula is C18H36O3Si. The van der Waals surface area contributed by atoms with Gasteiger partial charge in [-0.15, -0.1) is 0 Å². The second-order valence-electron chi connectivity index (χ2n) is 8.04. The van der Waals surface area contributed by atoms with E-state index < -0.39 is 8.32 Å². The summed E-state index contributed by atoms with van der Waals surface area (Å²) in [5.74, 6) is 0.0913. The maximum atomic E-state index is 11.3. The van der Waals surface area contributed by atoms with Gasteiger partial charge in [0.2, 0.25) is 0 Å². The van der Waals surface area contributed by atoms with Crippen LogP contribution in [0.1, 0.15) is 61.3 Å². The Kier molecular flexibility index (Phi) is 8.63. The molecule has 0 aliphatic rings. The Morgan fingerprint density at radius 3 is 2.14 bits per heavy atom. The van der Waals surface area contributed by atoms with Crippen LogP contribution in [0, 0.1) is 5.92 Å². The van der Waals surface area contributed by atoms with Crippen molar-refractivity contribution in [2.24, 2.45) is 5.92 Å². The zero-order chi connectivity index (χ0) is 17.6. The van der Waals surface area contributed by atoms with Crippen LogP contribution in [0.2, 0.25) is 18.1 Å². The SMILES string of the molecule is CC(=O)OC(CC=C(C)C)[C@H](C)CCO[Si](C)(C)C(C)(C)C. The quantitative estimate of drug-likeness (QED) is 0.343. The Labute approximate surface area is 138 Å². The molecule has 0 saturated heterocycles. The van der Waals surface area contributed by atoms with Crippen molar-refractivity contribution < 1.29 is 14.0 Å². The second kappa shape index (κ2) is 8.87. The molecule has 0 aliphatic heterocycles. The zero-order valence-corrected chi connectivity index (χ0v) is 17.1. The van der Waals surface area contributed by atoms with Crippen molar-refractivity contribution in [1.29, 1.82) is 0 Å². The molecule has 0 aromatic heterocycles. The molecule has 0 aromatic rings. The molecule has 0 heterocycles. The van der Waals surface area contributed by atoms with E-state index in [-0.39, 0.29) is 17.1 Å². The van der Waals surface area contributed by atoms with Crippen LogP contribution in [0.3, 0.4) is 0 Å². The van der Waals surface area contributed by atoms with Crippen molar-refractivity contribution in [1.82, 2.24) is 0 Å². The smallest absolute Gasteiger partial charge is 0.302 e. The lowest BCUT2D eigenvalue weighted by molar-refractivity contribution is -0.148. The van der Waals surface area contributed by atoms with E-state index in [9.17, 15) is 4.79 Å². The van der Waals surface area contributed by atoms with E-state index >= 15 is 0 Å². The third kappa shape index (κ3) is 8.13. The van der Waals surface area contributed by atoms with E-state index in [0.29, 0.717) is 5.92 Å². The van der Waals surface area contributed by atoms with E-state index in [0.717, 1.165) is 19.4 Å². The van der Waals surface area contributed by atoms with Crippen LogP contribution in [-0.4, -0.2) is 27.0 Å². The topological polar surface area (TPSA) is 35.5 Å². The lowest BCUT2D eigenvalue weighted by Gasteiger charge is -2.36. The Hall–Kier alpha value is -0.613. The highest BCUT2D eigenvalue weighted by Crippen LogP contribution is 2.36. The van der Waals surface area contributed by atoms with Gasteiger partial charge in [-0.1, -0.05) is 39.3 Å². The van der Waals surface area contributed by atoms with E-state index in [2.05, 4.69) is 60.7 Å². The van der Waals surface area contributed by atoms with Crippen molar-refractivity contribution in [2.45, 2.75) is 85.5 Å². The summed E-state index contributed by atoms with van der Waals surface area (Å²) in [6.45, 7) is 19.8. The molecule has 0 fully saturated rings. The van der Waals surface area contributed by atoms with Crippen LogP contribution < -0.4 is 0 Å². The van der Waals surface area contributed by atoms with E-state index in [1.807, 2.05) is 0 Å².